The van der Waals surface area contributed by atoms with Crippen LogP contribution in [0.25, 0.3) is 0 Å². The van der Waals surface area contributed by atoms with Gasteiger partial charge in [0.25, 0.3) is 0 Å². The molecule has 2 rings (SSSR count). The second-order valence-electron chi connectivity index (χ2n) is 5.77. The molecule has 1 N–H and O–H groups in total. The lowest BCUT2D eigenvalue weighted by Crippen LogP contribution is -2.14. The largest absolute Gasteiger partial charge is 0.465 e. The number of rotatable bonds is 5. The van der Waals surface area contributed by atoms with E-state index in [2.05, 4.69) is 12.2 Å². The third-order valence-corrected chi connectivity index (χ3v) is 5.28. The SMILES string of the molecule is CCCCC(=O)Nc1sc2c(c1C(=O)OC)CCCCCC2. The number of carbonyl (C=O) groups excluding carboxylic acids is 2. The van der Waals surface area contributed by atoms with E-state index < -0.39 is 0 Å². The summed E-state index contributed by atoms with van der Waals surface area (Å²) in [7, 11) is 1.40. The monoisotopic (exact) mass is 323 g/mol. The van der Waals surface area contributed by atoms with Gasteiger partial charge in [0.2, 0.25) is 5.91 Å². The van der Waals surface area contributed by atoms with E-state index >= 15 is 0 Å². The summed E-state index contributed by atoms with van der Waals surface area (Å²) in [4.78, 5) is 25.5. The van der Waals surface area contributed by atoms with Crippen LogP contribution in [-0.4, -0.2) is 19.0 Å². The first-order chi connectivity index (χ1) is 10.7. The predicted molar refractivity (Wildman–Crippen MR) is 89.7 cm³/mol. The van der Waals surface area contributed by atoms with E-state index in [4.69, 9.17) is 4.74 Å². The zero-order valence-electron chi connectivity index (χ0n) is 13.5. The van der Waals surface area contributed by atoms with Crippen molar-refractivity contribution in [3.05, 3.63) is 16.0 Å². The summed E-state index contributed by atoms with van der Waals surface area (Å²) in [5.41, 5.74) is 1.69. The maximum Gasteiger partial charge on any atom is 0.341 e. The average Bonchev–Trinajstić information content (AvgIpc) is 2.81. The number of aryl methyl sites for hydroxylation is 1. The van der Waals surface area contributed by atoms with Gasteiger partial charge in [0.1, 0.15) is 5.00 Å². The molecule has 0 aromatic carbocycles. The summed E-state index contributed by atoms with van der Waals surface area (Å²) < 4.78 is 4.95. The Bertz CT molecular complexity index is 536. The van der Waals surface area contributed by atoms with Crippen LogP contribution < -0.4 is 5.32 Å². The number of ether oxygens (including phenoxy) is 1. The van der Waals surface area contributed by atoms with Gasteiger partial charge in [0, 0.05) is 11.3 Å². The lowest BCUT2D eigenvalue weighted by molar-refractivity contribution is -0.116. The summed E-state index contributed by atoms with van der Waals surface area (Å²) in [5, 5.41) is 3.62. The van der Waals surface area contributed by atoms with Crippen molar-refractivity contribution in [3.8, 4) is 0 Å². The van der Waals surface area contributed by atoms with Gasteiger partial charge < -0.3 is 10.1 Å². The fourth-order valence-electron chi connectivity index (χ4n) is 2.85. The topological polar surface area (TPSA) is 55.4 Å². The Balaban J connectivity index is 2.29. The zero-order valence-corrected chi connectivity index (χ0v) is 14.3. The summed E-state index contributed by atoms with van der Waals surface area (Å²) in [6.45, 7) is 2.06. The molecule has 4 nitrogen and oxygen atoms in total. The molecule has 22 heavy (non-hydrogen) atoms. The highest BCUT2D eigenvalue weighted by Gasteiger charge is 2.25. The van der Waals surface area contributed by atoms with Crippen molar-refractivity contribution in [1.82, 2.24) is 0 Å². The predicted octanol–water partition coefficient (Wildman–Crippen LogP) is 4.32. The second kappa shape index (κ2) is 8.32. The van der Waals surface area contributed by atoms with Crippen LogP contribution in [0, 0.1) is 0 Å². The Hall–Kier alpha value is -1.36. The van der Waals surface area contributed by atoms with Crippen LogP contribution in [0.15, 0.2) is 0 Å². The molecule has 0 saturated carbocycles. The summed E-state index contributed by atoms with van der Waals surface area (Å²) in [6, 6.07) is 0. The number of nitrogens with one attached hydrogen (secondary N) is 1. The first-order valence-corrected chi connectivity index (χ1v) is 9.01. The molecule has 1 aromatic rings. The maximum absolute atomic E-state index is 12.2. The first-order valence-electron chi connectivity index (χ1n) is 8.20. The molecule has 0 radical (unpaired) electrons. The number of amides is 1. The van der Waals surface area contributed by atoms with Gasteiger partial charge in [-0.15, -0.1) is 11.3 Å². The van der Waals surface area contributed by atoms with Crippen LogP contribution in [0.5, 0.6) is 0 Å². The quantitative estimate of drug-likeness (QED) is 0.821. The lowest BCUT2D eigenvalue weighted by atomic mass is 9.96. The van der Waals surface area contributed by atoms with Gasteiger partial charge in [0.15, 0.2) is 0 Å². The third-order valence-electron chi connectivity index (χ3n) is 4.07. The highest BCUT2D eigenvalue weighted by atomic mass is 32.1. The van der Waals surface area contributed by atoms with Crippen molar-refractivity contribution in [1.29, 1.82) is 0 Å². The van der Waals surface area contributed by atoms with Gasteiger partial charge in [-0.25, -0.2) is 4.79 Å². The number of hydrogen-bond donors (Lipinski definition) is 1. The van der Waals surface area contributed by atoms with Gasteiger partial charge in [-0.3, -0.25) is 4.79 Å². The minimum Gasteiger partial charge on any atom is -0.465 e. The smallest absolute Gasteiger partial charge is 0.341 e. The van der Waals surface area contributed by atoms with Gasteiger partial charge in [-0.2, -0.15) is 0 Å². The molecule has 1 aliphatic carbocycles. The van der Waals surface area contributed by atoms with Crippen molar-refractivity contribution in [2.24, 2.45) is 0 Å². The standard InChI is InChI=1S/C17H25NO3S/c1-3-4-11-14(19)18-16-15(17(20)21-2)12-9-7-5-6-8-10-13(12)22-16/h3-11H2,1-2H3,(H,18,19). The number of methoxy groups -OCH3 is 1. The van der Waals surface area contributed by atoms with Gasteiger partial charge in [0.05, 0.1) is 12.7 Å². The van der Waals surface area contributed by atoms with Crippen LogP contribution in [0.4, 0.5) is 5.00 Å². The molecule has 0 aliphatic heterocycles. The highest BCUT2D eigenvalue weighted by Crippen LogP contribution is 2.37. The zero-order chi connectivity index (χ0) is 15.9. The molecule has 1 aliphatic rings. The molecule has 1 heterocycles. The molecule has 1 amide bonds. The van der Waals surface area contributed by atoms with E-state index in [1.54, 1.807) is 11.3 Å². The molecular weight excluding hydrogens is 298 g/mol. The highest BCUT2D eigenvalue weighted by molar-refractivity contribution is 7.17. The number of thiophene rings is 1. The lowest BCUT2D eigenvalue weighted by Gasteiger charge is -2.11. The van der Waals surface area contributed by atoms with Crippen molar-refractivity contribution in [2.75, 3.05) is 12.4 Å². The van der Waals surface area contributed by atoms with Crippen molar-refractivity contribution in [3.63, 3.8) is 0 Å². The molecule has 0 spiro atoms. The minimum absolute atomic E-state index is 0.0128. The Kier molecular flexibility index (Phi) is 6.43. The fourth-order valence-corrected chi connectivity index (χ4v) is 4.15. The van der Waals surface area contributed by atoms with Gasteiger partial charge in [-0.05, 0) is 37.7 Å². The molecule has 0 saturated heterocycles. The minimum atomic E-state index is -0.330. The van der Waals surface area contributed by atoms with Crippen LogP contribution in [-0.2, 0) is 22.4 Å². The summed E-state index contributed by atoms with van der Waals surface area (Å²) in [5.74, 6) is -0.343. The average molecular weight is 323 g/mol. The Morgan fingerprint density at radius 1 is 1.18 bits per heavy atom. The van der Waals surface area contributed by atoms with E-state index in [1.807, 2.05) is 0 Å². The molecule has 0 fully saturated rings. The van der Waals surface area contributed by atoms with E-state index in [0.29, 0.717) is 17.0 Å². The fraction of sp³-hybridized carbons (Fsp3) is 0.647. The number of carbonyl (C=O) groups is 2. The molecule has 1 aromatic heterocycles. The van der Waals surface area contributed by atoms with Crippen LogP contribution in [0.1, 0.15) is 72.7 Å². The van der Waals surface area contributed by atoms with Crippen LogP contribution in [0.2, 0.25) is 0 Å². The van der Waals surface area contributed by atoms with E-state index in [0.717, 1.165) is 44.1 Å². The molecule has 5 heteroatoms. The maximum atomic E-state index is 12.2. The molecule has 122 valence electrons. The normalized spacial score (nSPS) is 14.6. The Labute approximate surface area is 136 Å². The van der Waals surface area contributed by atoms with E-state index in [9.17, 15) is 9.59 Å². The van der Waals surface area contributed by atoms with Crippen molar-refractivity contribution in [2.45, 2.75) is 64.7 Å². The summed E-state index contributed by atoms with van der Waals surface area (Å²) in [6.07, 6.45) is 8.93. The Morgan fingerprint density at radius 2 is 1.91 bits per heavy atom. The van der Waals surface area contributed by atoms with Crippen molar-refractivity contribution < 1.29 is 14.3 Å². The van der Waals surface area contributed by atoms with Crippen LogP contribution in [0.3, 0.4) is 0 Å². The van der Waals surface area contributed by atoms with E-state index in [1.165, 1.54) is 24.8 Å². The number of fused-ring (bicyclic) bond motifs is 1. The van der Waals surface area contributed by atoms with Gasteiger partial charge >= 0.3 is 5.97 Å². The van der Waals surface area contributed by atoms with E-state index in [-0.39, 0.29) is 11.9 Å². The van der Waals surface area contributed by atoms with Crippen LogP contribution >= 0.6 is 11.3 Å². The number of esters is 1. The molecule has 0 unspecified atom stereocenters. The molecule has 0 atom stereocenters. The number of unbranched alkanes of at least 4 members (excludes halogenated alkanes) is 1. The van der Waals surface area contributed by atoms with Crippen molar-refractivity contribution >= 4 is 28.2 Å². The van der Waals surface area contributed by atoms with Gasteiger partial charge in [-0.1, -0.05) is 26.2 Å². The summed E-state index contributed by atoms with van der Waals surface area (Å²) >= 11 is 1.56. The Morgan fingerprint density at radius 3 is 2.59 bits per heavy atom. The molecule has 0 bridgehead atoms. The molecular formula is C17H25NO3S. The first kappa shape index (κ1) is 17.0. The second-order valence-corrected chi connectivity index (χ2v) is 6.87. The third kappa shape index (κ3) is 4.09. The number of hydrogen-bond acceptors (Lipinski definition) is 4. The number of anilines is 1.